The van der Waals surface area contributed by atoms with Crippen LogP contribution in [0.3, 0.4) is 0 Å². The molecule has 0 aliphatic rings. The Morgan fingerprint density at radius 3 is 1.42 bits per heavy atom. The Morgan fingerprint density at radius 1 is 0.667 bits per heavy atom. The van der Waals surface area contributed by atoms with Gasteiger partial charge in [0.1, 0.15) is 11.5 Å². The molecule has 0 aliphatic heterocycles. The van der Waals surface area contributed by atoms with Crippen molar-refractivity contribution in [2.45, 2.75) is 40.5 Å². The maximum Gasteiger partial charge on any atom is 0.573 e. The van der Waals surface area contributed by atoms with Crippen LogP contribution in [-0.4, -0.2) is 29.5 Å². The summed E-state index contributed by atoms with van der Waals surface area (Å²) >= 11 is 1.65. The Bertz CT molecular complexity index is 981. The number of ketones is 1. The molecule has 0 radical (unpaired) electrons. The minimum absolute atomic E-state index is 0.0611. The Labute approximate surface area is 210 Å². The van der Waals surface area contributed by atoms with E-state index in [1.54, 1.807) is 0 Å². The lowest BCUT2D eigenvalue weighted by Crippen LogP contribution is -2.17. The summed E-state index contributed by atoms with van der Waals surface area (Å²) in [7, 11) is 0. The predicted octanol–water partition coefficient (Wildman–Crippen LogP) is 9.36. The molecule has 18 heteroatoms. The van der Waals surface area contributed by atoms with E-state index in [9.17, 15) is 57.5 Å². The van der Waals surface area contributed by atoms with Crippen molar-refractivity contribution >= 4 is 45.2 Å². The van der Waals surface area contributed by atoms with Crippen LogP contribution in [0.15, 0.2) is 50.7 Å². The molecule has 36 heavy (non-hydrogen) atoms. The van der Waals surface area contributed by atoms with Crippen molar-refractivity contribution in [1.82, 2.24) is 0 Å². The number of hydrogen-bond donors (Lipinski definition) is 0. The molecule has 202 valence electrons. The Balaban J connectivity index is 0.000000362. The molecule has 0 atom stereocenters. The molecule has 2 rings (SSSR count). The summed E-state index contributed by atoms with van der Waals surface area (Å²) < 4.78 is 151. The zero-order valence-corrected chi connectivity index (χ0v) is 20.1. The van der Waals surface area contributed by atoms with E-state index in [1.807, 2.05) is 0 Å². The van der Waals surface area contributed by atoms with Crippen LogP contribution in [0.4, 0.5) is 52.7 Å². The molecule has 2 aromatic carbocycles. The maximum absolute atomic E-state index is 12.2. The minimum Gasteiger partial charge on any atom is -0.406 e. The quantitative estimate of drug-likeness (QED) is 0.184. The van der Waals surface area contributed by atoms with Gasteiger partial charge in [0, 0.05) is 19.8 Å². The zero-order valence-electron chi connectivity index (χ0n) is 16.9. The fourth-order valence-corrected chi connectivity index (χ4v) is 3.96. The van der Waals surface area contributed by atoms with Crippen LogP contribution in [0.25, 0.3) is 0 Å². The van der Waals surface area contributed by atoms with Crippen LogP contribution in [0.2, 0.25) is 0 Å². The van der Waals surface area contributed by atoms with Crippen LogP contribution >= 0.6 is 39.5 Å². The third-order valence-electron chi connectivity index (χ3n) is 3.07. The maximum atomic E-state index is 12.2. The largest absolute Gasteiger partial charge is 0.573 e. The fraction of sp³-hybridized carbons (Fsp3) is 0.278. The van der Waals surface area contributed by atoms with Gasteiger partial charge in [-0.2, -0.15) is 26.3 Å². The van der Waals surface area contributed by atoms with Crippen LogP contribution in [0.5, 0.6) is 11.5 Å². The first-order chi connectivity index (χ1) is 16.0. The van der Waals surface area contributed by atoms with Crippen molar-refractivity contribution < 1.29 is 67.0 Å². The number of rotatable bonds is 5. The number of hydrogen-bond acceptors (Lipinski definition) is 5. The van der Waals surface area contributed by atoms with Gasteiger partial charge in [0.15, 0.2) is 5.78 Å². The number of carbonyl (C=O) groups is 1. The van der Waals surface area contributed by atoms with Crippen molar-refractivity contribution in [3.05, 3.63) is 46.4 Å². The second kappa shape index (κ2) is 12.1. The molecule has 0 spiro atoms. The van der Waals surface area contributed by atoms with E-state index in [4.69, 9.17) is 0 Å². The number of benzene rings is 2. The van der Waals surface area contributed by atoms with Gasteiger partial charge in [0.05, 0.1) is 0 Å². The number of halogens is 13. The summed E-state index contributed by atoms with van der Waals surface area (Å²) in [6.45, 7) is 1.02. The lowest BCUT2D eigenvalue weighted by molar-refractivity contribution is -0.275. The number of carbonyl (C=O) groups excluding carboxylic acids is 1. The minimum atomic E-state index is -5.05. The third-order valence-corrected chi connectivity index (χ3v) is 4.93. The average molecular weight is 645 g/mol. The Kier molecular flexibility index (Phi) is 10.7. The van der Waals surface area contributed by atoms with E-state index in [1.165, 1.54) is 0 Å². The fourth-order valence-electron chi connectivity index (χ4n) is 2.08. The smallest absolute Gasteiger partial charge is 0.406 e. The van der Waals surface area contributed by atoms with Gasteiger partial charge in [-0.05, 0) is 66.8 Å². The summed E-state index contributed by atoms with van der Waals surface area (Å²) in [5, 5.41) is 0. The summed E-state index contributed by atoms with van der Waals surface area (Å²) in [6, 6.07) is 4.78. The van der Waals surface area contributed by atoms with Crippen LogP contribution < -0.4 is 9.47 Å². The van der Waals surface area contributed by atoms with Gasteiger partial charge in [-0.3, -0.25) is 4.79 Å². The molecule has 0 saturated heterocycles. The highest BCUT2D eigenvalue weighted by Crippen LogP contribution is 2.41. The van der Waals surface area contributed by atoms with Gasteiger partial charge in [-0.25, -0.2) is 0 Å². The molecule has 0 saturated carbocycles. The summed E-state index contributed by atoms with van der Waals surface area (Å²) in [5.41, 5.74) is -9.55. The zero-order chi connectivity index (χ0) is 28.1. The molecule has 0 N–H and O–H groups in total. The van der Waals surface area contributed by atoms with E-state index in [2.05, 4.69) is 25.4 Å². The number of ether oxygens (including phenoxy) is 2. The lowest BCUT2D eigenvalue weighted by Gasteiger charge is -2.12. The van der Waals surface area contributed by atoms with Gasteiger partial charge < -0.3 is 9.47 Å². The molecule has 0 amide bonds. The Hall–Kier alpha value is -1.95. The standard InChI is InChI=1S/C10H6F6O2S.C8H3BrF6OS/c1-5(17)6-2-7(18-9(11,12)13)4-8(3-6)19-10(14,15)16;9-4-1-5(16-7(10,11)12)3-6(2-4)17-8(13,14)15/h2-4H,1H3;1-3H. The molecule has 0 aliphatic carbocycles. The summed E-state index contributed by atoms with van der Waals surface area (Å²) in [4.78, 5) is 10.1. The highest BCUT2D eigenvalue weighted by atomic mass is 79.9. The monoisotopic (exact) mass is 644 g/mol. The van der Waals surface area contributed by atoms with Crippen LogP contribution in [0.1, 0.15) is 17.3 Å². The molecule has 0 unspecified atom stereocenters. The van der Waals surface area contributed by atoms with Gasteiger partial charge in [-0.1, -0.05) is 15.9 Å². The van der Waals surface area contributed by atoms with Gasteiger partial charge in [0.2, 0.25) is 0 Å². The highest BCUT2D eigenvalue weighted by Gasteiger charge is 2.34. The van der Waals surface area contributed by atoms with E-state index >= 15 is 0 Å². The number of Topliss-reactive ketones (excluding diaryl/α,β-unsaturated/α-hetero) is 1. The van der Waals surface area contributed by atoms with Crippen LogP contribution in [-0.2, 0) is 0 Å². The number of thioether (sulfide) groups is 2. The molecule has 3 nitrogen and oxygen atoms in total. The van der Waals surface area contributed by atoms with Crippen LogP contribution in [0, 0.1) is 0 Å². The van der Waals surface area contributed by atoms with Crippen molar-refractivity contribution in [2.75, 3.05) is 0 Å². The van der Waals surface area contributed by atoms with Crippen molar-refractivity contribution in [3.63, 3.8) is 0 Å². The Morgan fingerprint density at radius 2 is 1.06 bits per heavy atom. The molecular formula is C18H9BrF12O3S2. The van der Waals surface area contributed by atoms with E-state index in [0.29, 0.717) is 12.1 Å². The number of alkyl halides is 12. The topological polar surface area (TPSA) is 35.5 Å². The molecule has 0 bridgehead atoms. The predicted molar refractivity (Wildman–Crippen MR) is 108 cm³/mol. The normalized spacial score (nSPS) is 12.5. The highest BCUT2D eigenvalue weighted by molar-refractivity contribution is 9.10. The second-order valence-corrected chi connectivity index (χ2v) is 9.26. The van der Waals surface area contributed by atoms with Crippen molar-refractivity contribution in [1.29, 1.82) is 0 Å². The van der Waals surface area contributed by atoms with Gasteiger partial charge >= 0.3 is 23.7 Å². The molecule has 2 aromatic rings. The summed E-state index contributed by atoms with van der Waals surface area (Å²) in [6.07, 6.45) is -9.99. The van der Waals surface area contributed by atoms with Crippen molar-refractivity contribution in [3.8, 4) is 11.5 Å². The first-order valence-electron chi connectivity index (χ1n) is 8.51. The average Bonchev–Trinajstić information content (AvgIpc) is 2.55. The first-order valence-corrected chi connectivity index (χ1v) is 10.9. The van der Waals surface area contributed by atoms with Gasteiger partial charge in [-0.15, -0.1) is 26.3 Å². The SMILES string of the molecule is CC(=O)c1cc(OC(F)(F)F)cc(SC(F)(F)F)c1.FC(F)(F)Oc1cc(Br)cc(SC(F)(F)F)c1. The molecule has 0 heterocycles. The second-order valence-electron chi connectivity index (χ2n) is 6.06. The van der Waals surface area contributed by atoms with E-state index < -0.39 is 74.3 Å². The van der Waals surface area contributed by atoms with E-state index in [-0.39, 0.29) is 10.0 Å². The lowest BCUT2D eigenvalue weighted by atomic mass is 10.1. The van der Waals surface area contributed by atoms with Crippen molar-refractivity contribution in [2.24, 2.45) is 0 Å². The first kappa shape index (κ1) is 32.1. The molecule has 0 fully saturated rings. The molecule has 0 aromatic heterocycles. The summed E-state index contributed by atoms with van der Waals surface area (Å²) in [5.74, 6) is -2.25. The van der Waals surface area contributed by atoms with E-state index in [0.717, 1.165) is 31.2 Å². The third kappa shape index (κ3) is 14.6. The molecular weight excluding hydrogens is 636 g/mol. The van der Waals surface area contributed by atoms with Gasteiger partial charge in [0.25, 0.3) is 0 Å².